The minimum absolute atomic E-state index is 0.134. The van der Waals surface area contributed by atoms with Crippen molar-refractivity contribution in [3.63, 3.8) is 0 Å². The number of amides is 1. The lowest BCUT2D eigenvalue weighted by Crippen LogP contribution is -2.49. The Balaban J connectivity index is 4.21. The number of nitrogens with zero attached hydrogens (tertiary/aromatic N) is 1. The molecule has 3 N–H and O–H groups in total. The minimum Gasteiger partial charge on any atom is -0.383 e. The zero-order valence-electron chi connectivity index (χ0n) is 9.25. The summed E-state index contributed by atoms with van der Waals surface area (Å²) in [5.74, 6) is 4.98. The van der Waals surface area contributed by atoms with Crippen LogP contribution >= 0.6 is 0 Å². The van der Waals surface area contributed by atoms with E-state index < -0.39 is 0 Å². The van der Waals surface area contributed by atoms with Crippen molar-refractivity contribution >= 4 is 5.91 Å². The average molecular weight is 203 g/mol. The van der Waals surface area contributed by atoms with Crippen LogP contribution in [0.15, 0.2) is 0 Å². The molecule has 84 valence electrons. The quantitative estimate of drug-likeness (QED) is 0.339. The Bertz CT molecular complexity index is 164. The van der Waals surface area contributed by atoms with Crippen LogP contribution < -0.4 is 11.3 Å². The van der Waals surface area contributed by atoms with Gasteiger partial charge in [-0.25, -0.2) is 5.84 Å². The Morgan fingerprint density at radius 3 is 2.57 bits per heavy atom. The summed E-state index contributed by atoms with van der Waals surface area (Å²) >= 11 is 0. The number of hydrogen-bond donors (Lipinski definition) is 2. The van der Waals surface area contributed by atoms with Crippen molar-refractivity contribution in [1.29, 1.82) is 0 Å². The summed E-state index contributed by atoms with van der Waals surface area (Å²) in [6.07, 6.45) is 0.751. The molecule has 0 saturated heterocycles. The second kappa shape index (κ2) is 7.73. The molecule has 14 heavy (non-hydrogen) atoms. The van der Waals surface area contributed by atoms with E-state index in [0.717, 1.165) is 19.5 Å². The first-order chi connectivity index (χ1) is 6.71. The summed E-state index contributed by atoms with van der Waals surface area (Å²) < 4.78 is 4.98. The molecule has 0 aromatic heterocycles. The highest BCUT2D eigenvalue weighted by Gasteiger charge is 2.21. The third-order valence-electron chi connectivity index (χ3n) is 2.26. The topological polar surface area (TPSA) is 67.6 Å². The molecule has 1 atom stereocenters. The van der Waals surface area contributed by atoms with Crippen LogP contribution in [0.1, 0.15) is 20.3 Å². The lowest BCUT2D eigenvalue weighted by atomic mass is 10.2. The number of nitrogens with one attached hydrogen (secondary N) is 1. The maximum absolute atomic E-state index is 11.4. The van der Waals surface area contributed by atoms with Gasteiger partial charge in [0.25, 0.3) is 5.91 Å². The molecule has 0 aliphatic rings. The predicted octanol–water partition coefficient (Wildman–Crippen LogP) is -0.277. The molecule has 0 saturated carbocycles. The van der Waals surface area contributed by atoms with Gasteiger partial charge in [0.05, 0.1) is 12.6 Å². The van der Waals surface area contributed by atoms with Gasteiger partial charge in [0.2, 0.25) is 0 Å². The zero-order chi connectivity index (χ0) is 11.0. The average Bonchev–Trinajstić information content (AvgIpc) is 2.23. The minimum atomic E-state index is -0.153. The number of carbonyl (C=O) groups excluding carboxylic acids is 1. The highest BCUT2D eigenvalue weighted by atomic mass is 16.5. The van der Waals surface area contributed by atoms with Crippen LogP contribution in [0.2, 0.25) is 0 Å². The molecule has 1 unspecified atom stereocenters. The monoisotopic (exact) mass is 203 g/mol. The smallest absolute Gasteiger partial charge is 0.251 e. The van der Waals surface area contributed by atoms with Gasteiger partial charge in [-0.15, -0.1) is 0 Å². The second-order valence-corrected chi connectivity index (χ2v) is 3.05. The van der Waals surface area contributed by atoms with E-state index in [4.69, 9.17) is 10.6 Å². The molecule has 0 fully saturated rings. The summed E-state index contributed by atoms with van der Waals surface area (Å²) in [5.41, 5.74) is 2.19. The fourth-order valence-corrected chi connectivity index (χ4v) is 1.45. The number of rotatable bonds is 7. The van der Waals surface area contributed by atoms with Crippen molar-refractivity contribution < 1.29 is 9.53 Å². The Hall–Kier alpha value is -0.650. The van der Waals surface area contributed by atoms with E-state index in [0.29, 0.717) is 6.61 Å². The van der Waals surface area contributed by atoms with Gasteiger partial charge in [-0.3, -0.25) is 15.1 Å². The fourth-order valence-electron chi connectivity index (χ4n) is 1.45. The Kier molecular flexibility index (Phi) is 7.37. The first-order valence-electron chi connectivity index (χ1n) is 4.94. The maximum atomic E-state index is 11.4. The van der Waals surface area contributed by atoms with Crippen molar-refractivity contribution in [2.75, 3.05) is 26.8 Å². The van der Waals surface area contributed by atoms with Crippen LogP contribution in [0.25, 0.3) is 0 Å². The van der Waals surface area contributed by atoms with Crippen LogP contribution in [-0.4, -0.2) is 43.7 Å². The highest BCUT2D eigenvalue weighted by Crippen LogP contribution is 2.03. The van der Waals surface area contributed by atoms with Gasteiger partial charge in [-0.1, -0.05) is 13.8 Å². The highest BCUT2D eigenvalue weighted by molar-refractivity contribution is 5.81. The molecule has 0 radical (unpaired) electrons. The predicted molar refractivity (Wildman–Crippen MR) is 55.5 cm³/mol. The van der Waals surface area contributed by atoms with Gasteiger partial charge in [0.1, 0.15) is 0 Å². The summed E-state index contributed by atoms with van der Waals surface area (Å²) in [5, 5.41) is 0. The van der Waals surface area contributed by atoms with Crippen LogP contribution in [0.3, 0.4) is 0 Å². The summed E-state index contributed by atoms with van der Waals surface area (Å²) in [7, 11) is 1.65. The van der Waals surface area contributed by atoms with Gasteiger partial charge in [-0.05, 0) is 13.0 Å². The summed E-state index contributed by atoms with van der Waals surface area (Å²) in [6, 6.07) is -0.153. The summed E-state index contributed by atoms with van der Waals surface area (Å²) in [4.78, 5) is 13.4. The van der Waals surface area contributed by atoms with Crippen LogP contribution in [0, 0.1) is 0 Å². The van der Waals surface area contributed by atoms with Crippen molar-refractivity contribution in [2.45, 2.75) is 26.3 Å². The van der Waals surface area contributed by atoms with E-state index in [1.165, 1.54) is 0 Å². The number of ether oxygens (including phenoxy) is 1. The largest absolute Gasteiger partial charge is 0.383 e. The van der Waals surface area contributed by atoms with Crippen LogP contribution in [0.5, 0.6) is 0 Å². The number of carbonyl (C=O) groups is 1. The fraction of sp³-hybridized carbons (Fsp3) is 0.889. The van der Waals surface area contributed by atoms with Gasteiger partial charge < -0.3 is 4.74 Å². The molecule has 1 amide bonds. The number of hydrazine groups is 1. The van der Waals surface area contributed by atoms with E-state index >= 15 is 0 Å². The second-order valence-electron chi connectivity index (χ2n) is 3.05. The van der Waals surface area contributed by atoms with Gasteiger partial charge in [0, 0.05) is 13.7 Å². The Morgan fingerprint density at radius 2 is 2.21 bits per heavy atom. The lowest BCUT2D eigenvalue weighted by molar-refractivity contribution is -0.126. The SMILES string of the molecule is CCC(C(=O)NN)N(CC)CCOC. The first kappa shape index (κ1) is 13.4. The van der Waals surface area contributed by atoms with E-state index in [1.807, 2.05) is 18.7 Å². The molecule has 5 heteroatoms. The van der Waals surface area contributed by atoms with Gasteiger partial charge in [0.15, 0.2) is 0 Å². The van der Waals surface area contributed by atoms with Crippen molar-refractivity contribution in [3.8, 4) is 0 Å². The third-order valence-corrected chi connectivity index (χ3v) is 2.26. The molecule has 0 rings (SSSR count). The van der Waals surface area contributed by atoms with Crippen molar-refractivity contribution in [1.82, 2.24) is 10.3 Å². The number of nitrogens with two attached hydrogens (primary N) is 1. The van der Waals surface area contributed by atoms with Crippen molar-refractivity contribution in [2.24, 2.45) is 5.84 Å². The zero-order valence-corrected chi connectivity index (χ0v) is 9.25. The van der Waals surface area contributed by atoms with Crippen molar-refractivity contribution in [3.05, 3.63) is 0 Å². The normalized spacial score (nSPS) is 12.9. The number of likely N-dealkylation sites (N-methyl/N-ethyl adjacent to an activating group) is 1. The molecular weight excluding hydrogens is 182 g/mol. The third kappa shape index (κ3) is 4.04. The molecule has 0 heterocycles. The standard InChI is InChI=1S/C9H21N3O2/c1-4-8(9(13)11-10)12(5-2)6-7-14-3/h8H,4-7,10H2,1-3H3,(H,11,13). The lowest BCUT2D eigenvalue weighted by Gasteiger charge is -2.27. The maximum Gasteiger partial charge on any atom is 0.251 e. The molecule has 0 bridgehead atoms. The number of hydrogen-bond acceptors (Lipinski definition) is 4. The van der Waals surface area contributed by atoms with E-state index in [1.54, 1.807) is 7.11 Å². The van der Waals surface area contributed by atoms with E-state index in [2.05, 4.69) is 5.43 Å². The molecule has 0 spiro atoms. The molecule has 0 aliphatic carbocycles. The van der Waals surface area contributed by atoms with Crippen LogP contribution in [-0.2, 0) is 9.53 Å². The summed E-state index contributed by atoms with van der Waals surface area (Å²) in [6.45, 7) is 6.17. The molecule has 0 aliphatic heterocycles. The Morgan fingerprint density at radius 1 is 1.57 bits per heavy atom. The van der Waals surface area contributed by atoms with Gasteiger partial charge >= 0.3 is 0 Å². The Labute approximate surface area is 85.6 Å². The number of methoxy groups -OCH3 is 1. The van der Waals surface area contributed by atoms with E-state index in [9.17, 15) is 4.79 Å². The van der Waals surface area contributed by atoms with E-state index in [-0.39, 0.29) is 11.9 Å². The molecule has 5 nitrogen and oxygen atoms in total. The van der Waals surface area contributed by atoms with Gasteiger partial charge in [-0.2, -0.15) is 0 Å². The first-order valence-corrected chi connectivity index (χ1v) is 4.94. The molecule has 0 aromatic carbocycles. The molecular formula is C9H21N3O2. The molecule has 0 aromatic rings. The van der Waals surface area contributed by atoms with Crippen LogP contribution in [0.4, 0.5) is 0 Å².